The van der Waals surface area contributed by atoms with Gasteiger partial charge in [-0.25, -0.2) is 9.37 Å². The summed E-state index contributed by atoms with van der Waals surface area (Å²) in [5.41, 5.74) is 0.429. The van der Waals surface area contributed by atoms with Gasteiger partial charge in [-0.1, -0.05) is 23.2 Å². The number of nitro groups is 1. The molecule has 28 heavy (non-hydrogen) atoms. The van der Waals surface area contributed by atoms with Gasteiger partial charge in [0.1, 0.15) is 11.5 Å². The molecule has 0 aliphatic rings. The molecule has 1 amide bonds. The van der Waals surface area contributed by atoms with Crippen molar-refractivity contribution in [3.63, 3.8) is 0 Å². The number of nitrogens with zero attached hydrogens (tertiary/aromatic N) is 3. The lowest BCUT2D eigenvalue weighted by Gasteiger charge is -2.16. The first-order chi connectivity index (χ1) is 13.3. The quantitative estimate of drug-likeness (QED) is 0.365. The number of imidazole rings is 1. The van der Waals surface area contributed by atoms with Crippen LogP contribution in [0.25, 0.3) is 5.69 Å². The minimum Gasteiger partial charge on any atom is -0.345 e. The monoisotopic (exact) mass is 422 g/mol. The zero-order chi connectivity index (χ0) is 20.4. The maximum Gasteiger partial charge on any atom is 0.294 e. The van der Waals surface area contributed by atoms with Crippen molar-refractivity contribution in [1.29, 1.82) is 0 Å². The average molecular weight is 423 g/mol. The Hall–Kier alpha value is -2.97. The van der Waals surface area contributed by atoms with Gasteiger partial charge in [0.25, 0.3) is 11.6 Å². The van der Waals surface area contributed by atoms with Crippen LogP contribution >= 0.6 is 23.2 Å². The molecule has 0 fully saturated rings. The molecule has 1 aromatic heterocycles. The Kier molecular flexibility index (Phi) is 5.62. The average Bonchev–Trinajstić information content (AvgIpc) is 3.18. The third-order valence-corrected chi connectivity index (χ3v) is 4.69. The van der Waals surface area contributed by atoms with Crippen molar-refractivity contribution in [2.45, 2.75) is 13.0 Å². The molecule has 3 rings (SSSR count). The highest BCUT2D eigenvalue weighted by Gasteiger charge is 2.21. The Labute approximate surface area is 168 Å². The normalized spacial score (nSPS) is 11.9. The van der Waals surface area contributed by atoms with Gasteiger partial charge in [-0.2, -0.15) is 0 Å². The summed E-state index contributed by atoms with van der Waals surface area (Å²) in [7, 11) is 0. The second-order valence-corrected chi connectivity index (χ2v) is 6.73. The predicted molar refractivity (Wildman–Crippen MR) is 103 cm³/mol. The summed E-state index contributed by atoms with van der Waals surface area (Å²) >= 11 is 11.7. The van der Waals surface area contributed by atoms with Gasteiger partial charge in [-0.3, -0.25) is 14.9 Å². The van der Waals surface area contributed by atoms with Gasteiger partial charge in [-0.05, 0) is 36.8 Å². The Morgan fingerprint density at radius 3 is 2.68 bits per heavy atom. The number of hydrogen-bond acceptors (Lipinski definition) is 4. The first-order valence-corrected chi connectivity index (χ1v) is 8.75. The number of halogens is 3. The van der Waals surface area contributed by atoms with E-state index in [1.54, 1.807) is 13.1 Å². The molecule has 1 heterocycles. The summed E-state index contributed by atoms with van der Waals surface area (Å²) in [4.78, 5) is 27.2. The molecule has 0 aliphatic carbocycles. The lowest BCUT2D eigenvalue weighted by Crippen LogP contribution is -2.27. The van der Waals surface area contributed by atoms with Gasteiger partial charge in [0.15, 0.2) is 0 Å². The van der Waals surface area contributed by atoms with E-state index in [0.29, 0.717) is 5.56 Å². The summed E-state index contributed by atoms with van der Waals surface area (Å²) < 4.78 is 15.2. The van der Waals surface area contributed by atoms with Crippen LogP contribution in [0, 0.1) is 15.9 Å². The summed E-state index contributed by atoms with van der Waals surface area (Å²) in [6.07, 6.45) is 4.46. The van der Waals surface area contributed by atoms with Crippen LogP contribution in [0.1, 0.15) is 28.9 Å². The van der Waals surface area contributed by atoms with E-state index in [2.05, 4.69) is 10.3 Å². The predicted octanol–water partition coefficient (Wildman–Crippen LogP) is 4.72. The standard InChI is InChI=1S/C18H13Cl2FN4O3/c1-10(12-7-15(21)14(20)8-13(12)19)23-18(26)11-2-3-16(17(6-11)25(27)28)24-5-4-22-9-24/h2-10H,1H3,(H,23,26). The fourth-order valence-corrected chi connectivity index (χ4v) is 3.21. The number of carbonyl (C=O) groups excluding carboxylic acids is 1. The maximum atomic E-state index is 13.7. The van der Waals surface area contributed by atoms with Crippen molar-refractivity contribution in [2.75, 3.05) is 0 Å². The fourth-order valence-electron chi connectivity index (χ4n) is 2.66. The largest absolute Gasteiger partial charge is 0.345 e. The molecule has 0 bridgehead atoms. The highest BCUT2D eigenvalue weighted by Crippen LogP contribution is 2.29. The number of aromatic nitrogens is 2. The number of nitrogens with one attached hydrogen (secondary N) is 1. The molecule has 7 nitrogen and oxygen atoms in total. The van der Waals surface area contributed by atoms with Crippen molar-refractivity contribution >= 4 is 34.8 Å². The summed E-state index contributed by atoms with van der Waals surface area (Å²) in [5, 5.41) is 14.1. The molecule has 0 aliphatic heterocycles. The molecule has 0 saturated heterocycles. The van der Waals surface area contributed by atoms with Crippen LogP contribution in [-0.2, 0) is 0 Å². The number of hydrogen-bond donors (Lipinski definition) is 1. The van der Waals surface area contributed by atoms with Gasteiger partial charge in [-0.15, -0.1) is 0 Å². The maximum absolute atomic E-state index is 13.7. The van der Waals surface area contributed by atoms with Crippen LogP contribution in [-0.4, -0.2) is 20.4 Å². The van der Waals surface area contributed by atoms with E-state index in [1.165, 1.54) is 41.4 Å². The lowest BCUT2D eigenvalue weighted by molar-refractivity contribution is -0.384. The molecule has 1 atom stereocenters. The second-order valence-electron chi connectivity index (χ2n) is 5.91. The van der Waals surface area contributed by atoms with Crippen LogP contribution in [0.2, 0.25) is 10.0 Å². The van der Waals surface area contributed by atoms with Gasteiger partial charge in [0.05, 0.1) is 22.3 Å². The van der Waals surface area contributed by atoms with E-state index in [9.17, 15) is 19.3 Å². The zero-order valence-corrected chi connectivity index (χ0v) is 15.9. The third kappa shape index (κ3) is 3.97. The molecule has 0 radical (unpaired) electrons. The summed E-state index contributed by atoms with van der Waals surface area (Å²) in [5.74, 6) is -1.23. The highest BCUT2D eigenvalue weighted by atomic mass is 35.5. The Morgan fingerprint density at radius 2 is 2.04 bits per heavy atom. The molecule has 0 spiro atoms. The molecule has 0 saturated carbocycles. The SMILES string of the molecule is CC(NC(=O)c1ccc(-n2ccnc2)c([N+](=O)[O-])c1)c1cc(F)c(Cl)cc1Cl. The molecule has 3 aromatic rings. The first kappa shape index (κ1) is 19.8. The summed E-state index contributed by atoms with van der Waals surface area (Å²) in [6.45, 7) is 1.61. The van der Waals surface area contributed by atoms with E-state index < -0.39 is 22.7 Å². The minimum atomic E-state index is -0.664. The molecule has 1 N–H and O–H groups in total. The first-order valence-electron chi connectivity index (χ1n) is 8.00. The van der Waals surface area contributed by atoms with E-state index in [1.807, 2.05) is 0 Å². The third-order valence-electron chi connectivity index (χ3n) is 4.07. The number of carbonyl (C=O) groups is 1. The topological polar surface area (TPSA) is 90.1 Å². The lowest BCUT2D eigenvalue weighted by atomic mass is 10.1. The number of amides is 1. The van der Waals surface area contributed by atoms with E-state index in [0.717, 1.165) is 6.07 Å². The van der Waals surface area contributed by atoms with Crippen LogP contribution in [0.4, 0.5) is 10.1 Å². The van der Waals surface area contributed by atoms with Gasteiger partial charge < -0.3 is 9.88 Å². The molecule has 1 unspecified atom stereocenters. The van der Waals surface area contributed by atoms with Crippen LogP contribution in [0.3, 0.4) is 0 Å². The van der Waals surface area contributed by atoms with Crippen molar-refractivity contribution in [3.8, 4) is 5.69 Å². The molecule has 10 heteroatoms. The smallest absolute Gasteiger partial charge is 0.294 e. The van der Waals surface area contributed by atoms with Crippen LogP contribution in [0.15, 0.2) is 49.1 Å². The second kappa shape index (κ2) is 7.95. The van der Waals surface area contributed by atoms with Crippen LogP contribution in [0.5, 0.6) is 0 Å². The number of rotatable bonds is 5. The Bertz CT molecular complexity index is 1060. The molecular weight excluding hydrogens is 410 g/mol. The van der Waals surface area contributed by atoms with Crippen molar-refractivity contribution in [2.24, 2.45) is 0 Å². The zero-order valence-electron chi connectivity index (χ0n) is 14.4. The van der Waals surface area contributed by atoms with Crippen molar-refractivity contribution in [1.82, 2.24) is 14.9 Å². The minimum absolute atomic E-state index is 0.0768. The van der Waals surface area contributed by atoms with Crippen LogP contribution < -0.4 is 5.32 Å². The van der Waals surface area contributed by atoms with E-state index in [-0.39, 0.29) is 27.0 Å². The molecule has 2 aromatic carbocycles. The molecule has 144 valence electrons. The summed E-state index contributed by atoms with van der Waals surface area (Å²) in [6, 6.07) is 5.81. The van der Waals surface area contributed by atoms with Gasteiger partial charge in [0.2, 0.25) is 0 Å². The van der Waals surface area contributed by atoms with Crippen molar-refractivity contribution in [3.05, 3.63) is 86.2 Å². The number of benzene rings is 2. The van der Waals surface area contributed by atoms with E-state index in [4.69, 9.17) is 23.2 Å². The van der Waals surface area contributed by atoms with Crippen molar-refractivity contribution < 1.29 is 14.1 Å². The van der Waals surface area contributed by atoms with Gasteiger partial charge >= 0.3 is 0 Å². The Morgan fingerprint density at radius 1 is 1.29 bits per heavy atom. The fraction of sp³-hybridized carbons (Fsp3) is 0.111. The highest BCUT2D eigenvalue weighted by molar-refractivity contribution is 6.35. The van der Waals surface area contributed by atoms with Gasteiger partial charge in [0, 0.05) is 29.0 Å². The number of nitro benzene ring substituents is 1. The van der Waals surface area contributed by atoms with E-state index >= 15 is 0 Å². The molecular formula is C18H13Cl2FN4O3. The Balaban J connectivity index is 1.88.